The minimum atomic E-state index is -3.27. The maximum Gasteiger partial charge on any atom is 0.271 e. The third-order valence-corrected chi connectivity index (χ3v) is 6.03. The molecule has 2 heterocycles. The summed E-state index contributed by atoms with van der Waals surface area (Å²) in [4.78, 5) is 23.0. The molecule has 1 N–H and O–H groups in total. The van der Waals surface area contributed by atoms with Gasteiger partial charge in [0.2, 0.25) is 0 Å². The van der Waals surface area contributed by atoms with Crippen LogP contribution in [0.1, 0.15) is 48.3 Å². The summed E-state index contributed by atoms with van der Waals surface area (Å²) >= 11 is 6.21. The molecule has 7 nitrogen and oxygen atoms in total. The third-order valence-electron chi connectivity index (χ3n) is 4.98. The molecule has 2 atom stereocenters. The molecule has 0 saturated carbocycles. The number of hydrogen-bond acceptors (Lipinski definition) is 6. The first-order chi connectivity index (χ1) is 14.7. The fraction of sp³-hybridized carbons (Fsp3) is 0.381. The molecular formula is C21H24ClFN4O3S. The third kappa shape index (κ3) is 6.01. The van der Waals surface area contributed by atoms with E-state index in [0.717, 1.165) is 30.9 Å². The van der Waals surface area contributed by atoms with E-state index in [4.69, 9.17) is 11.6 Å². The van der Waals surface area contributed by atoms with Crippen LogP contribution in [0.25, 0.3) is 0 Å². The first-order valence-corrected chi connectivity index (χ1v) is 12.2. The number of aromatic nitrogens is 2. The van der Waals surface area contributed by atoms with Crippen molar-refractivity contribution in [3.05, 3.63) is 64.2 Å². The van der Waals surface area contributed by atoms with Crippen LogP contribution in [0.5, 0.6) is 0 Å². The van der Waals surface area contributed by atoms with Gasteiger partial charge in [-0.05, 0) is 37.8 Å². The van der Waals surface area contributed by atoms with Gasteiger partial charge in [-0.2, -0.15) is 0 Å². The number of sulfone groups is 1. The predicted octanol–water partition coefficient (Wildman–Crippen LogP) is 3.68. The van der Waals surface area contributed by atoms with E-state index in [-0.39, 0.29) is 16.8 Å². The van der Waals surface area contributed by atoms with Crippen LogP contribution >= 0.6 is 11.6 Å². The van der Waals surface area contributed by atoms with Crippen molar-refractivity contribution in [3.63, 3.8) is 0 Å². The number of carbonyl (C=O) groups excluding carboxylic acids is 1. The fourth-order valence-electron chi connectivity index (χ4n) is 3.48. The molecule has 1 amide bonds. The van der Waals surface area contributed by atoms with E-state index in [1.807, 2.05) is 11.0 Å². The normalized spacial score (nSPS) is 18.2. The average molecular weight is 467 g/mol. The quantitative estimate of drug-likeness (QED) is 0.698. The second-order valence-corrected chi connectivity index (χ2v) is 9.84. The molecule has 1 aliphatic heterocycles. The highest BCUT2D eigenvalue weighted by molar-refractivity contribution is 7.93. The lowest BCUT2D eigenvalue weighted by Gasteiger charge is -2.37. The second-order valence-electron chi connectivity index (χ2n) is 7.53. The van der Waals surface area contributed by atoms with Crippen molar-refractivity contribution in [1.82, 2.24) is 15.3 Å². The molecule has 10 heteroatoms. The van der Waals surface area contributed by atoms with E-state index < -0.39 is 27.6 Å². The number of amides is 1. The van der Waals surface area contributed by atoms with E-state index in [9.17, 15) is 17.6 Å². The maximum absolute atomic E-state index is 14.0. The van der Waals surface area contributed by atoms with Crippen molar-refractivity contribution < 1.29 is 17.6 Å². The Morgan fingerprint density at radius 2 is 2.10 bits per heavy atom. The van der Waals surface area contributed by atoms with Crippen LogP contribution < -0.4 is 10.2 Å². The number of halogens is 2. The molecule has 31 heavy (non-hydrogen) atoms. The van der Waals surface area contributed by atoms with E-state index in [1.165, 1.54) is 24.5 Å². The topological polar surface area (TPSA) is 92.3 Å². The summed E-state index contributed by atoms with van der Waals surface area (Å²) in [5.74, 6) is -0.346. The van der Waals surface area contributed by atoms with Gasteiger partial charge in [-0.25, -0.2) is 22.8 Å². The number of benzene rings is 1. The Hall–Kier alpha value is -2.52. The highest BCUT2D eigenvalue weighted by atomic mass is 35.5. The zero-order valence-electron chi connectivity index (χ0n) is 17.3. The van der Waals surface area contributed by atoms with Crippen molar-refractivity contribution in [2.45, 2.75) is 38.3 Å². The zero-order chi connectivity index (χ0) is 22.6. The van der Waals surface area contributed by atoms with Crippen LogP contribution in [0.3, 0.4) is 0 Å². The van der Waals surface area contributed by atoms with Gasteiger partial charge in [0.05, 0.1) is 23.5 Å². The Kier molecular flexibility index (Phi) is 7.27. The van der Waals surface area contributed by atoms with Gasteiger partial charge in [0.25, 0.3) is 5.91 Å². The molecule has 0 radical (unpaired) electrons. The lowest BCUT2D eigenvalue weighted by Crippen LogP contribution is -2.35. The number of nitrogens with zero attached hydrogens (tertiary/aromatic N) is 3. The standard InChI is InChI=1S/C21H24ClFN4O3S/c1-14(9-11-31(2,29)30)26-21(28)17-12-25-19(13-24-17)27-10-4-3-8-18(27)15-6-5-7-16(23)20(15)22/h5-7,9,11-14,18H,3-4,8,10H2,1-2H3,(H,26,28)/b11-9+/t14-,18?/m1/s1. The Morgan fingerprint density at radius 3 is 2.77 bits per heavy atom. The monoisotopic (exact) mass is 466 g/mol. The number of piperidine rings is 1. The first kappa shape index (κ1) is 23.1. The molecule has 0 spiro atoms. The largest absolute Gasteiger partial charge is 0.348 e. The SMILES string of the molecule is C[C@H](/C=C/S(C)(=O)=O)NC(=O)c1cnc(N2CCCCC2c2cccc(F)c2Cl)cn1. The number of hydrogen-bond donors (Lipinski definition) is 1. The van der Waals surface area contributed by atoms with Crippen molar-refractivity contribution in [2.24, 2.45) is 0 Å². The molecular weight excluding hydrogens is 443 g/mol. The van der Waals surface area contributed by atoms with Crippen molar-refractivity contribution in [3.8, 4) is 0 Å². The molecule has 0 aliphatic carbocycles. The first-order valence-electron chi connectivity index (χ1n) is 9.87. The molecule has 1 saturated heterocycles. The van der Waals surface area contributed by atoms with Gasteiger partial charge in [0, 0.05) is 24.3 Å². The lowest BCUT2D eigenvalue weighted by molar-refractivity contribution is 0.0941. The molecule has 0 bridgehead atoms. The molecule has 3 rings (SSSR count). The lowest BCUT2D eigenvalue weighted by atomic mass is 9.95. The van der Waals surface area contributed by atoms with Crippen molar-refractivity contribution in [1.29, 1.82) is 0 Å². The van der Waals surface area contributed by atoms with Crippen LogP contribution in [-0.2, 0) is 9.84 Å². The van der Waals surface area contributed by atoms with E-state index in [2.05, 4.69) is 15.3 Å². The fourth-order valence-corrected chi connectivity index (χ4v) is 4.26. The predicted molar refractivity (Wildman–Crippen MR) is 118 cm³/mol. The van der Waals surface area contributed by atoms with Gasteiger partial charge in [-0.15, -0.1) is 0 Å². The van der Waals surface area contributed by atoms with Gasteiger partial charge in [0.1, 0.15) is 17.3 Å². The smallest absolute Gasteiger partial charge is 0.271 e. The van der Waals surface area contributed by atoms with Gasteiger partial charge >= 0.3 is 0 Å². The molecule has 1 fully saturated rings. The Labute approximate surface area is 186 Å². The number of carbonyl (C=O) groups is 1. The number of rotatable bonds is 6. The summed E-state index contributed by atoms with van der Waals surface area (Å²) < 4.78 is 36.4. The number of anilines is 1. The van der Waals surface area contributed by atoms with Gasteiger partial charge < -0.3 is 10.2 Å². The minimum Gasteiger partial charge on any atom is -0.348 e. The summed E-state index contributed by atoms with van der Waals surface area (Å²) in [6.45, 7) is 2.37. The minimum absolute atomic E-state index is 0.111. The summed E-state index contributed by atoms with van der Waals surface area (Å²) in [6, 6.07) is 4.16. The Bertz CT molecular complexity index is 1080. The Morgan fingerprint density at radius 1 is 1.32 bits per heavy atom. The highest BCUT2D eigenvalue weighted by Gasteiger charge is 2.28. The maximum atomic E-state index is 14.0. The van der Waals surface area contributed by atoms with Crippen molar-refractivity contribution >= 4 is 33.2 Å². The molecule has 1 unspecified atom stereocenters. The summed E-state index contributed by atoms with van der Waals surface area (Å²) in [7, 11) is -3.27. The van der Waals surface area contributed by atoms with Crippen LogP contribution in [-0.4, -0.2) is 43.1 Å². The number of nitrogens with one attached hydrogen (secondary N) is 1. The second kappa shape index (κ2) is 9.74. The van der Waals surface area contributed by atoms with Gasteiger partial charge in [0.15, 0.2) is 9.84 Å². The summed E-state index contributed by atoms with van der Waals surface area (Å²) in [5.41, 5.74) is 0.817. The zero-order valence-corrected chi connectivity index (χ0v) is 18.8. The van der Waals surface area contributed by atoms with Crippen LogP contribution in [0.15, 0.2) is 42.1 Å². The van der Waals surface area contributed by atoms with Crippen LogP contribution in [0, 0.1) is 5.82 Å². The molecule has 166 valence electrons. The molecule has 1 aromatic heterocycles. The average Bonchev–Trinajstić information content (AvgIpc) is 2.74. The van der Waals surface area contributed by atoms with Crippen molar-refractivity contribution in [2.75, 3.05) is 17.7 Å². The Balaban J connectivity index is 1.75. The van der Waals surface area contributed by atoms with Gasteiger partial charge in [-0.3, -0.25) is 4.79 Å². The van der Waals surface area contributed by atoms with E-state index >= 15 is 0 Å². The molecule has 1 aromatic carbocycles. The molecule has 2 aromatic rings. The summed E-state index contributed by atoms with van der Waals surface area (Å²) in [6.07, 6.45) is 8.09. The highest BCUT2D eigenvalue weighted by Crippen LogP contribution is 2.37. The van der Waals surface area contributed by atoms with Gasteiger partial charge in [-0.1, -0.05) is 29.8 Å². The van der Waals surface area contributed by atoms with Crippen LogP contribution in [0.4, 0.5) is 10.2 Å². The van der Waals surface area contributed by atoms with E-state index in [1.54, 1.807) is 13.0 Å². The molecule has 1 aliphatic rings. The van der Waals surface area contributed by atoms with Crippen LogP contribution in [0.2, 0.25) is 5.02 Å². The van der Waals surface area contributed by atoms with E-state index in [0.29, 0.717) is 17.9 Å². The summed E-state index contributed by atoms with van der Waals surface area (Å²) in [5, 5.41) is 3.80.